The SMILES string of the molecule is CC1CCC(C(=O)NC(C#N)c2ccccc2)CC1. The van der Waals surface area contributed by atoms with Crippen LogP contribution in [0.4, 0.5) is 0 Å². The van der Waals surface area contributed by atoms with Gasteiger partial charge in [0.15, 0.2) is 0 Å². The van der Waals surface area contributed by atoms with E-state index in [2.05, 4.69) is 18.3 Å². The van der Waals surface area contributed by atoms with Gasteiger partial charge in [0.2, 0.25) is 5.91 Å². The van der Waals surface area contributed by atoms with Crippen molar-refractivity contribution in [2.75, 3.05) is 0 Å². The molecule has 0 spiro atoms. The van der Waals surface area contributed by atoms with Crippen molar-refractivity contribution in [2.24, 2.45) is 11.8 Å². The molecule has 1 unspecified atom stereocenters. The van der Waals surface area contributed by atoms with E-state index in [1.54, 1.807) is 0 Å². The summed E-state index contributed by atoms with van der Waals surface area (Å²) in [6.07, 6.45) is 4.11. The van der Waals surface area contributed by atoms with Gasteiger partial charge in [0.25, 0.3) is 0 Å². The smallest absolute Gasteiger partial charge is 0.224 e. The molecule has 3 heteroatoms. The van der Waals surface area contributed by atoms with E-state index in [1.807, 2.05) is 30.3 Å². The first-order valence-corrected chi connectivity index (χ1v) is 6.95. The summed E-state index contributed by atoms with van der Waals surface area (Å²) in [6.45, 7) is 2.23. The summed E-state index contributed by atoms with van der Waals surface area (Å²) in [6, 6.07) is 11.0. The lowest BCUT2D eigenvalue weighted by atomic mass is 9.82. The Bertz CT molecular complexity index is 455. The second-order valence-corrected chi connectivity index (χ2v) is 5.44. The molecular formula is C16H20N2O. The van der Waals surface area contributed by atoms with Gasteiger partial charge in [0.1, 0.15) is 6.04 Å². The van der Waals surface area contributed by atoms with Crippen molar-refractivity contribution < 1.29 is 4.79 Å². The first-order chi connectivity index (χ1) is 9.20. The largest absolute Gasteiger partial charge is 0.336 e. The minimum absolute atomic E-state index is 0.0299. The molecule has 0 saturated heterocycles. The second kappa shape index (κ2) is 6.38. The van der Waals surface area contributed by atoms with Crippen LogP contribution < -0.4 is 5.32 Å². The summed E-state index contributed by atoms with van der Waals surface area (Å²) >= 11 is 0. The highest BCUT2D eigenvalue weighted by Crippen LogP contribution is 2.28. The van der Waals surface area contributed by atoms with Crippen molar-refractivity contribution in [2.45, 2.75) is 38.6 Å². The monoisotopic (exact) mass is 256 g/mol. The van der Waals surface area contributed by atoms with Crippen LogP contribution in [-0.4, -0.2) is 5.91 Å². The van der Waals surface area contributed by atoms with Crippen molar-refractivity contribution in [1.29, 1.82) is 5.26 Å². The van der Waals surface area contributed by atoms with E-state index in [0.717, 1.165) is 37.2 Å². The zero-order valence-corrected chi connectivity index (χ0v) is 11.3. The molecule has 3 nitrogen and oxygen atoms in total. The van der Waals surface area contributed by atoms with Crippen LogP contribution >= 0.6 is 0 Å². The van der Waals surface area contributed by atoms with Crippen LogP contribution in [0.5, 0.6) is 0 Å². The highest BCUT2D eigenvalue weighted by molar-refractivity contribution is 5.79. The van der Waals surface area contributed by atoms with Gasteiger partial charge in [-0.05, 0) is 37.2 Å². The third kappa shape index (κ3) is 3.57. The summed E-state index contributed by atoms with van der Waals surface area (Å²) < 4.78 is 0. The van der Waals surface area contributed by atoms with E-state index >= 15 is 0 Å². The highest BCUT2D eigenvalue weighted by Gasteiger charge is 2.26. The van der Waals surface area contributed by atoms with Gasteiger partial charge in [-0.3, -0.25) is 4.79 Å². The summed E-state index contributed by atoms with van der Waals surface area (Å²) in [7, 11) is 0. The van der Waals surface area contributed by atoms with Gasteiger partial charge in [0.05, 0.1) is 6.07 Å². The van der Waals surface area contributed by atoms with Crippen LogP contribution in [0.3, 0.4) is 0 Å². The van der Waals surface area contributed by atoms with E-state index in [0.29, 0.717) is 0 Å². The van der Waals surface area contributed by atoms with E-state index in [4.69, 9.17) is 0 Å². The van der Waals surface area contributed by atoms with Crippen molar-refractivity contribution in [1.82, 2.24) is 5.32 Å². The van der Waals surface area contributed by atoms with Crippen molar-refractivity contribution >= 4 is 5.91 Å². The Morgan fingerprint density at radius 1 is 1.26 bits per heavy atom. The highest BCUT2D eigenvalue weighted by atomic mass is 16.1. The fraction of sp³-hybridized carbons (Fsp3) is 0.500. The fourth-order valence-electron chi connectivity index (χ4n) is 2.62. The fourth-order valence-corrected chi connectivity index (χ4v) is 2.62. The van der Waals surface area contributed by atoms with Gasteiger partial charge < -0.3 is 5.32 Å². The van der Waals surface area contributed by atoms with Gasteiger partial charge >= 0.3 is 0 Å². The number of hydrogen-bond acceptors (Lipinski definition) is 2. The Hall–Kier alpha value is -1.82. The zero-order chi connectivity index (χ0) is 13.7. The maximum Gasteiger partial charge on any atom is 0.224 e. The Labute approximate surface area is 114 Å². The van der Waals surface area contributed by atoms with Crippen molar-refractivity contribution in [3.05, 3.63) is 35.9 Å². The average molecular weight is 256 g/mol. The number of nitrogens with zero attached hydrogens (tertiary/aromatic N) is 1. The lowest BCUT2D eigenvalue weighted by Crippen LogP contribution is -2.35. The molecule has 0 radical (unpaired) electrons. The molecule has 1 aliphatic rings. The maximum atomic E-state index is 12.2. The number of rotatable bonds is 3. The topological polar surface area (TPSA) is 52.9 Å². The van der Waals surface area contributed by atoms with Gasteiger partial charge in [-0.1, -0.05) is 37.3 Å². The van der Waals surface area contributed by atoms with Crippen LogP contribution in [0, 0.1) is 23.2 Å². The first-order valence-electron chi connectivity index (χ1n) is 6.95. The van der Waals surface area contributed by atoms with Gasteiger partial charge in [-0.25, -0.2) is 0 Å². The minimum atomic E-state index is -0.534. The molecule has 1 aromatic rings. The summed E-state index contributed by atoms with van der Waals surface area (Å²) in [5.74, 6) is 0.836. The summed E-state index contributed by atoms with van der Waals surface area (Å²) in [5, 5.41) is 12.1. The number of hydrogen-bond donors (Lipinski definition) is 1. The van der Waals surface area contributed by atoms with E-state index < -0.39 is 6.04 Å². The van der Waals surface area contributed by atoms with Crippen LogP contribution in [-0.2, 0) is 4.79 Å². The Balaban J connectivity index is 1.96. The first kappa shape index (κ1) is 13.6. The van der Waals surface area contributed by atoms with Crippen molar-refractivity contribution in [3.8, 4) is 6.07 Å². The Morgan fingerprint density at radius 3 is 2.47 bits per heavy atom. The van der Waals surface area contributed by atoms with E-state index in [-0.39, 0.29) is 11.8 Å². The molecule has 1 atom stereocenters. The van der Waals surface area contributed by atoms with Gasteiger partial charge in [-0.2, -0.15) is 5.26 Å². The number of nitrogens with one attached hydrogen (secondary N) is 1. The number of carbonyl (C=O) groups is 1. The molecule has 1 aromatic carbocycles. The maximum absolute atomic E-state index is 12.2. The van der Waals surface area contributed by atoms with Crippen molar-refractivity contribution in [3.63, 3.8) is 0 Å². The Kier molecular flexibility index (Phi) is 4.57. The lowest BCUT2D eigenvalue weighted by molar-refractivity contribution is -0.126. The summed E-state index contributed by atoms with van der Waals surface area (Å²) in [4.78, 5) is 12.2. The predicted octanol–water partition coefficient (Wildman–Crippen LogP) is 3.19. The van der Waals surface area contributed by atoms with Crippen LogP contribution in [0.1, 0.15) is 44.2 Å². The van der Waals surface area contributed by atoms with Gasteiger partial charge in [-0.15, -0.1) is 0 Å². The summed E-state index contributed by atoms with van der Waals surface area (Å²) in [5.41, 5.74) is 0.850. The molecule has 1 amide bonds. The molecule has 1 fully saturated rings. The van der Waals surface area contributed by atoms with Crippen LogP contribution in [0.2, 0.25) is 0 Å². The standard InChI is InChI=1S/C16H20N2O/c1-12-7-9-14(10-8-12)16(19)18-15(11-17)13-5-3-2-4-6-13/h2-6,12,14-15H,7-10H2,1H3,(H,18,19). The molecular weight excluding hydrogens is 236 g/mol. The molecule has 1 aliphatic carbocycles. The molecule has 1 N–H and O–H groups in total. The molecule has 0 aromatic heterocycles. The molecule has 0 aliphatic heterocycles. The lowest BCUT2D eigenvalue weighted by Gasteiger charge is -2.26. The molecule has 0 heterocycles. The molecule has 0 bridgehead atoms. The van der Waals surface area contributed by atoms with Crippen LogP contribution in [0.15, 0.2) is 30.3 Å². The number of carbonyl (C=O) groups excluding carboxylic acids is 1. The Morgan fingerprint density at radius 2 is 1.89 bits per heavy atom. The molecule has 19 heavy (non-hydrogen) atoms. The third-order valence-corrected chi connectivity index (χ3v) is 3.94. The second-order valence-electron chi connectivity index (χ2n) is 5.44. The number of benzene rings is 1. The van der Waals surface area contributed by atoms with Gasteiger partial charge in [0, 0.05) is 5.92 Å². The molecule has 100 valence electrons. The normalized spacial score (nSPS) is 24.2. The third-order valence-electron chi connectivity index (χ3n) is 3.94. The predicted molar refractivity (Wildman–Crippen MR) is 74.1 cm³/mol. The van der Waals surface area contributed by atoms with E-state index in [9.17, 15) is 10.1 Å². The molecule has 1 saturated carbocycles. The number of amides is 1. The van der Waals surface area contributed by atoms with Crippen LogP contribution in [0.25, 0.3) is 0 Å². The van der Waals surface area contributed by atoms with E-state index in [1.165, 1.54) is 0 Å². The quantitative estimate of drug-likeness (QED) is 0.903. The average Bonchev–Trinajstić information content (AvgIpc) is 2.46. The minimum Gasteiger partial charge on any atom is -0.336 e. The number of nitriles is 1. The molecule has 2 rings (SSSR count). The zero-order valence-electron chi connectivity index (χ0n) is 11.3.